The third kappa shape index (κ3) is 4.94. The van der Waals surface area contributed by atoms with E-state index in [1.165, 1.54) is 24.3 Å². The molecule has 2 N–H and O–H groups in total. The van der Waals surface area contributed by atoms with E-state index in [1.807, 2.05) is 0 Å². The van der Waals surface area contributed by atoms with Crippen LogP contribution < -0.4 is 4.72 Å². The molecular weight excluding hydrogens is 268 g/mol. The number of hydrogen-bond acceptors (Lipinski definition) is 4. The first kappa shape index (κ1) is 14.8. The molecule has 0 aliphatic rings. The lowest BCUT2D eigenvalue weighted by Crippen LogP contribution is -2.28. The third-order valence-electron chi connectivity index (χ3n) is 1.93. The van der Waals surface area contributed by atoms with E-state index in [4.69, 9.17) is 5.11 Å². The first-order chi connectivity index (χ1) is 8.42. The molecule has 1 aromatic carbocycles. The number of hydrogen-bond donors (Lipinski definition) is 2. The molecule has 102 valence electrons. The molecule has 0 aliphatic carbocycles. The molecular formula is C10H13F2NO4S. The lowest BCUT2D eigenvalue weighted by molar-refractivity contribution is 0.0199. The minimum Gasteiger partial charge on any atom is -0.508 e. The summed E-state index contributed by atoms with van der Waals surface area (Å²) in [5, 5.41) is 9.01. The second kappa shape index (κ2) is 6.62. The van der Waals surface area contributed by atoms with Crippen LogP contribution in [0.3, 0.4) is 0 Å². The van der Waals surface area contributed by atoms with Crippen LogP contribution in [0, 0.1) is 0 Å². The highest BCUT2D eigenvalue weighted by molar-refractivity contribution is 7.89. The maximum atomic E-state index is 11.7. The Morgan fingerprint density at radius 3 is 2.44 bits per heavy atom. The molecule has 1 aromatic rings. The highest BCUT2D eigenvalue weighted by atomic mass is 32.2. The zero-order valence-corrected chi connectivity index (χ0v) is 10.2. The first-order valence-electron chi connectivity index (χ1n) is 5.06. The number of alkyl halides is 2. The number of nitrogens with one attached hydrogen (secondary N) is 1. The van der Waals surface area contributed by atoms with Crippen LogP contribution in [-0.4, -0.2) is 39.7 Å². The molecule has 8 heteroatoms. The molecule has 0 heterocycles. The van der Waals surface area contributed by atoms with Crippen LogP contribution in [0.25, 0.3) is 0 Å². The second-order valence-corrected chi connectivity index (χ2v) is 5.12. The Kier molecular flexibility index (Phi) is 5.45. The maximum Gasteiger partial charge on any atom is 0.261 e. The predicted molar refractivity (Wildman–Crippen MR) is 60.1 cm³/mol. The Labute approximate surface area is 103 Å². The first-order valence-corrected chi connectivity index (χ1v) is 6.55. The number of sulfonamides is 1. The fourth-order valence-electron chi connectivity index (χ4n) is 1.13. The van der Waals surface area contributed by atoms with Crippen LogP contribution in [0.4, 0.5) is 8.78 Å². The summed E-state index contributed by atoms with van der Waals surface area (Å²) in [6, 6.07) is 4.94. The molecule has 0 radical (unpaired) electrons. The van der Waals surface area contributed by atoms with E-state index in [1.54, 1.807) is 0 Å². The van der Waals surface area contributed by atoms with Gasteiger partial charge in [-0.1, -0.05) is 0 Å². The average Bonchev–Trinajstić information content (AvgIpc) is 2.28. The smallest absolute Gasteiger partial charge is 0.261 e. The normalized spacial score (nSPS) is 11.9. The van der Waals surface area contributed by atoms with Crippen LogP contribution >= 0.6 is 0 Å². The quantitative estimate of drug-likeness (QED) is 0.730. The van der Waals surface area contributed by atoms with E-state index in [2.05, 4.69) is 9.46 Å². The lowest BCUT2D eigenvalue weighted by atomic mass is 10.3. The number of aromatic hydroxyl groups is 1. The molecule has 0 aromatic heterocycles. The highest BCUT2D eigenvalue weighted by Gasteiger charge is 2.13. The number of benzene rings is 1. The summed E-state index contributed by atoms with van der Waals surface area (Å²) < 4.78 is 53.4. The van der Waals surface area contributed by atoms with Gasteiger partial charge in [-0.25, -0.2) is 21.9 Å². The summed E-state index contributed by atoms with van der Waals surface area (Å²) in [6.07, 6.45) is -2.57. The minimum atomic E-state index is -3.71. The molecule has 5 nitrogen and oxygen atoms in total. The largest absolute Gasteiger partial charge is 0.508 e. The Morgan fingerprint density at radius 1 is 1.28 bits per heavy atom. The molecule has 0 saturated heterocycles. The molecule has 0 saturated carbocycles. The van der Waals surface area contributed by atoms with E-state index in [0.717, 1.165) is 0 Å². The second-order valence-electron chi connectivity index (χ2n) is 3.36. The Bertz CT molecular complexity index is 461. The number of phenolic OH excluding ortho intramolecular Hbond substituents is 1. The van der Waals surface area contributed by atoms with Gasteiger partial charge < -0.3 is 9.84 Å². The van der Waals surface area contributed by atoms with Crippen LogP contribution in [0.1, 0.15) is 0 Å². The van der Waals surface area contributed by atoms with E-state index in [-0.39, 0.29) is 23.8 Å². The molecule has 0 aliphatic heterocycles. The zero-order chi connectivity index (χ0) is 13.6. The number of ether oxygens (including phenoxy) is 1. The van der Waals surface area contributed by atoms with Crippen molar-refractivity contribution in [1.29, 1.82) is 0 Å². The van der Waals surface area contributed by atoms with Gasteiger partial charge in [-0.15, -0.1) is 0 Å². The standard InChI is InChI=1S/C10H13F2NO4S/c11-10(12)7-17-6-5-13-18(15,16)9-3-1-8(14)2-4-9/h1-4,10,13-14H,5-7H2. The lowest BCUT2D eigenvalue weighted by Gasteiger charge is -2.07. The van der Waals surface area contributed by atoms with Gasteiger partial charge in [0.05, 0.1) is 11.5 Å². The fourth-order valence-corrected chi connectivity index (χ4v) is 2.14. The van der Waals surface area contributed by atoms with Gasteiger partial charge >= 0.3 is 0 Å². The van der Waals surface area contributed by atoms with Crippen molar-refractivity contribution in [2.24, 2.45) is 0 Å². The number of phenols is 1. The van der Waals surface area contributed by atoms with E-state index >= 15 is 0 Å². The predicted octanol–water partition coefficient (Wildman–Crippen LogP) is 0.952. The average molecular weight is 281 g/mol. The van der Waals surface area contributed by atoms with Crippen molar-refractivity contribution in [3.8, 4) is 5.75 Å². The van der Waals surface area contributed by atoms with Gasteiger partial charge in [0.2, 0.25) is 10.0 Å². The van der Waals surface area contributed by atoms with Gasteiger partial charge in [-0.05, 0) is 24.3 Å². The van der Waals surface area contributed by atoms with E-state index in [0.29, 0.717) is 0 Å². The van der Waals surface area contributed by atoms with Gasteiger partial charge in [0, 0.05) is 6.54 Å². The minimum absolute atomic E-state index is 0.0193. The molecule has 0 spiro atoms. The van der Waals surface area contributed by atoms with Crippen molar-refractivity contribution in [3.63, 3.8) is 0 Å². The Hall–Kier alpha value is -1.25. The van der Waals surface area contributed by atoms with Gasteiger partial charge in [0.15, 0.2) is 0 Å². The fraction of sp³-hybridized carbons (Fsp3) is 0.400. The van der Waals surface area contributed by atoms with Gasteiger partial charge in [0.1, 0.15) is 12.4 Å². The van der Waals surface area contributed by atoms with Gasteiger partial charge in [-0.2, -0.15) is 0 Å². The number of halogens is 2. The highest BCUT2D eigenvalue weighted by Crippen LogP contribution is 2.13. The summed E-state index contributed by atoms with van der Waals surface area (Å²) in [5.74, 6) is -0.0470. The Balaban J connectivity index is 2.43. The molecule has 0 amide bonds. The van der Waals surface area contributed by atoms with Gasteiger partial charge in [-0.3, -0.25) is 0 Å². The molecule has 0 fully saturated rings. The monoisotopic (exact) mass is 281 g/mol. The summed E-state index contributed by atoms with van der Waals surface area (Å²) in [7, 11) is -3.71. The van der Waals surface area contributed by atoms with E-state index < -0.39 is 23.1 Å². The van der Waals surface area contributed by atoms with Crippen LogP contribution in [0.15, 0.2) is 29.2 Å². The van der Waals surface area contributed by atoms with Crippen molar-refractivity contribution >= 4 is 10.0 Å². The topological polar surface area (TPSA) is 75.6 Å². The van der Waals surface area contributed by atoms with Crippen molar-refractivity contribution in [2.75, 3.05) is 19.8 Å². The van der Waals surface area contributed by atoms with Crippen molar-refractivity contribution in [1.82, 2.24) is 4.72 Å². The summed E-state index contributed by atoms with van der Waals surface area (Å²) in [5.41, 5.74) is 0. The summed E-state index contributed by atoms with van der Waals surface area (Å²) in [4.78, 5) is -0.0193. The molecule has 0 atom stereocenters. The van der Waals surface area contributed by atoms with Crippen molar-refractivity contribution in [2.45, 2.75) is 11.3 Å². The molecule has 0 unspecified atom stereocenters. The third-order valence-corrected chi connectivity index (χ3v) is 3.41. The summed E-state index contributed by atoms with van der Waals surface area (Å²) in [6.45, 7) is -0.960. The summed E-state index contributed by atoms with van der Waals surface area (Å²) >= 11 is 0. The van der Waals surface area contributed by atoms with Crippen LogP contribution in [0.5, 0.6) is 5.75 Å². The van der Waals surface area contributed by atoms with Gasteiger partial charge in [0.25, 0.3) is 6.43 Å². The van der Waals surface area contributed by atoms with Crippen molar-refractivity contribution < 1.29 is 27.0 Å². The maximum absolute atomic E-state index is 11.7. The molecule has 1 rings (SSSR count). The van der Waals surface area contributed by atoms with Crippen molar-refractivity contribution in [3.05, 3.63) is 24.3 Å². The zero-order valence-electron chi connectivity index (χ0n) is 9.34. The van der Waals surface area contributed by atoms with Crippen LogP contribution in [-0.2, 0) is 14.8 Å². The Morgan fingerprint density at radius 2 is 1.89 bits per heavy atom. The van der Waals surface area contributed by atoms with Crippen LogP contribution in [0.2, 0.25) is 0 Å². The SMILES string of the molecule is O=S(=O)(NCCOCC(F)F)c1ccc(O)cc1. The molecule has 18 heavy (non-hydrogen) atoms. The number of rotatable bonds is 7. The molecule has 0 bridgehead atoms. The van der Waals surface area contributed by atoms with E-state index in [9.17, 15) is 17.2 Å².